The Morgan fingerprint density at radius 2 is 1.12 bits per heavy atom. The van der Waals surface area contributed by atoms with E-state index in [0.29, 0.717) is 0 Å². The molecule has 1 saturated carbocycles. The van der Waals surface area contributed by atoms with Crippen LogP contribution < -0.4 is 28.7 Å². The third kappa shape index (κ3) is 6.59. The van der Waals surface area contributed by atoms with Crippen LogP contribution in [0.25, 0.3) is 0 Å². The Kier molecular flexibility index (Phi) is 11.4. The largest absolute Gasteiger partial charge is 0.394 e. The minimum Gasteiger partial charge on any atom is -0.394 e. The van der Waals surface area contributed by atoms with Crippen LogP contribution in [0.1, 0.15) is 6.42 Å². The van der Waals surface area contributed by atoms with Crippen LogP contribution in [0.2, 0.25) is 0 Å². The number of rotatable bonds is 9. The van der Waals surface area contributed by atoms with Crippen molar-refractivity contribution in [3.05, 3.63) is 0 Å². The highest BCUT2D eigenvalue weighted by molar-refractivity contribution is 5.02. The predicted molar refractivity (Wildman–Crippen MR) is 135 cm³/mol. The summed E-state index contributed by atoms with van der Waals surface area (Å²) in [6.07, 6.45) is -24.0. The predicted octanol–water partition coefficient (Wildman–Crippen LogP) is -7.88. The molecule has 3 aliphatic heterocycles. The van der Waals surface area contributed by atoms with Gasteiger partial charge in [-0.25, -0.2) is 4.39 Å². The number of aliphatic hydroxyl groups excluding tert-OH is 7. The highest BCUT2D eigenvalue weighted by Gasteiger charge is 2.54. The molecular weight excluding hydrogens is 573 g/mol. The van der Waals surface area contributed by atoms with Crippen molar-refractivity contribution in [1.29, 1.82) is 0 Å². The second-order valence-electron chi connectivity index (χ2n) is 11.1. The second-order valence-corrected chi connectivity index (χ2v) is 11.1. The molecule has 4 rings (SSSR count). The van der Waals surface area contributed by atoms with E-state index in [1.165, 1.54) is 0 Å². The Hall–Kier alpha value is -0.790. The van der Waals surface area contributed by atoms with Gasteiger partial charge in [-0.1, -0.05) is 0 Å². The van der Waals surface area contributed by atoms with Gasteiger partial charge in [-0.05, 0) is 6.42 Å². The third-order valence-electron chi connectivity index (χ3n) is 8.24. The third-order valence-corrected chi connectivity index (χ3v) is 8.24. The Morgan fingerprint density at radius 1 is 0.595 bits per heavy atom. The molecule has 0 unspecified atom stereocenters. The van der Waals surface area contributed by atoms with Gasteiger partial charge in [0.1, 0.15) is 67.1 Å². The summed E-state index contributed by atoms with van der Waals surface area (Å²) in [6.45, 7) is -1.15. The van der Waals surface area contributed by atoms with Crippen LogP contribution in [0.4, 0.5) is 4.39 Å². The molecule has 0 spiro atoms. The molecule has 0 bridgehead atoms. The number of nitrogens with two attached hydrogens (primary N) is 5. The first-order valence-electron chi connectivity index (χ1n) is 13.8. The summed E-state index contributed by atoms with van der Waals surface area (Å²) in [4.78, 5) is 0. The van der Waals surface area contributed by atoms with Gasteiger partial charge in [0.05, 0.1) is 18.8 Å². The lowest BCUT2D eigenvalue weighted by Crippen LogP contribution is -2.66. The maximum absolute atomic E-state index is 14.6. The van der Waals surface area contributed by atoms with E-state index < -0.39 is 123 Å². The van der Waals surface area contributed by atoms with Gasteiger partial charge in [0.2, 0.25) is 0 Å². The normalized spacial score (nSPS) is 53.8. The molecule has 246 valence electrons. The van der Waals surface area contributed by atoms with Crippen molar-refractivity contribution in [1.82, 2.24) is 0 Å². The fourth-order valence-corrected chi connectivity index (χ4v) is 5.67. The lowest BCUT2D eigenvalue weighted by atomic mass is 9.84. The van der Waals surface area contributed by atoms with Crippen LogP contribution >= 0.6 is 0 Å². The van der Waals surface area contributed by atoms with Gasteiger partial charge in [-0.15, -0.1) is 0 Å². The standard InChI is InChI=1S/C23H44FN5O13/c24-10-13(32)7(2-25)38-22(15(10)34)40-18-6(28)1-5(27)12(31)20(18)42-23-17(36)19(9(4-30)39-23)41-21-11(29)16(35)14(33)8(3-26)37-21/h5-23,30-36H,1-4,25-29H2/t5-,6+,7-,8+,9-,10+,11-,12+,13-,14-,15-,16-,17-,18-,19-,20-,21-,22-,23+/m1/s1. The molecule has 0 aromatic carbocycles. The molecule has 3 saturated heterocycles. The molecular formula is C23H44FN5O13. The van der Waals surface area contributed by atoms with Gasteiger partial charge in [0.25, 0.3) is 0 Å². The van der Waals surface area contributed by atoms with E-state index in [0.717, 1.165) is 0 Å². The maximum Gasteiger partial charge on any atom is 0.187 e. The number of alkyl halides is 1. The Labute approximate surface area is 240 Å². The summed E-state index contributed by atoms with van der Waals surface area (Å²) in [5, 5.41) is 72.6. The van der Waals surface area contributed by atoms with Crippen LogP contribution in [0.5, 0.6) is 0 Å². The Balaban J connectivity index is 1.50. The van der Waals surface area contributed by atoms with Crippen molar-refractivity contribution < 1.29 is 68.6 Å². The quantitative estimate of drug-likeness (QED) is 0.114. The zero-order valence-electron chi connectivity index (χ0n) is 22.6. The number of halogens is 1. The fraction of sp³-hybridized carbons (Fsp3) is 1.00. The topological polar surface area (TPSA) is 327 Å². The van der Waals surface area contributed by atoms with E-state index in [-0.39, 0.29) is 19.5 Å². The van der Waals surface area contributed by atoms with Gasteiger partial charge in [-0.3, -0.25) is 0 Å². The summed E-state index contributed by atoms with van der Waals surface area (Å²) in [5.41, 5.74) is 29.4. The molecule has 17 N–H and O–H groups in total. The summed E-state index contributed by atoms with van der Waals surface area (Å²) in [6, 6.07) is -3.14. The number of ether oxygens (including phenoxy) is 6. The summed E-state index contributed by atoms with van der Waals surface area (Å²) >= 11 is 0. The fourth-order valence-electron chi connectivity index (χ4n) is 5.67. The SMILES string of the molecule is NC[C@@H]1O[C@H](O[C@H]2[C@@H](O)[C@H](O[C@@H]3[C@@H](O)[C@H](N)C[C@H](N)[C@H]3O[C@H]3O[C@H](CN)[C@@H](O)[C@H](F)[C@H]3O)O[C@@H]2CO)[C@H](N)[C@@H](O)[C@@H]1O. The highest BCUT2D eigenvalue weighted by Crippen LogP contribution is 2.34. The van der Waals surface area contributed by atoms with Crippen LogP contribution in [0.15, 0.2) is 0 Å². The first kappa shape index (κ1) is 34.1. The molecule has 1 aliphatic carbocycles. The van der Waals surface area contributed by atoms with Gasteiger partial charge in [0, 0.05) is 25.2 Å². The van der Waals surface area contributed by atoms with Crippen molar-refractivity contribution >= 4 is 0 Å². The molecule has 4 aliphatic rings. The van der Waals surface area contributed by atoms with Crippen molar-refractivity contribution in [2.75, 3.05) is 19.7 Å². The first-order chi connectivity index (χ1) is 19.8. The second kappa shape index (κ2) is 14.1. The molecule has 3 heterocycles. The van der Waals surface area contributed by atoms with Crippen molar-refractivity contribution in [3.63, 3.8) is 0 Å². The molecule has 18 nitrogen and oxygen atoms in total. The molecule has 0 amide bonds. The molecule has 19 heteroatoms. The minimum absolute atomic E-state index is 0.0168. The molecule has 42 heavy (non-hydrogen) atoms. The minimum atomic E-state index is -2.17. The molecule has 19 atom stereocenters. The zero-order chi connectivity index (χ0) is 31.0. The first-order valence-corrected chi connectivity index (χ1v) is 13.8. The van der Waals surface area contributed by atoms with Gasteiger partial charge in [-0.2, -0.15) is 0 Å². The van der Waals surface area contributed by atoms with Gasteiger partial charge < -0.3 is 92.8 Å². The van der Waals surface area contributed by atoms with E-state index in [9.17, 15) is 40.1 Å². The van der Waals surface area contributed by atoms with E-state index in [2.05, 4.69) is 0 Å². The summed E-state index contributed by atoms with van der Waals surface area (Å²) in [5.74, 6) is 0. The molecule has 0 aromatic rings. The maximum atomic E-state index is 14.6. The van der Waals surface area contributed by atoms with Crippen molar-refractivity contribution in [2.45, 2.75) is 123 Å². The van der Waals surface area contributed by atoms with Crippen LogP contribution in [-0.2, 0) is 28.4 Å². The number of hydrogen-bond donors (Lipinski definition) is 12. The van der Waals surface area contributed by atoms with Crippen LogP contribution in [-0.4, -0.2) is 172 Å². The lowest BCUT2D eigenvalue weighted by Gasteiger charge is -2.46. The average molecular weight is 618 g/mol. The van der Waals surface area contributed by atoms with E-state index in [1.54, 1.807) is 0 Å². The molecule has 0 radical (unpaired) electrons. The number of hydrogen-bond acceptors (Lipinski definition) is 18. The monoisotopic (exact) mass is 617 g/mol. The smallest absolute Gasteiger partial charge is 0.187 e. The van der Waals surface area contributed by atoms with Crippen LogP contribution in [0, 0.1) is 0 Å². The van der Waals surface area contributed by atoms with Gasteiger partial charge in [0.15, 0.2) is 25.0 Å². The van der Waals surface area contributed by atoms with Crippen LogP contribution in [0.3, 0.4) is 0 Å². The summed E-state index contributed by atoms with van der Waals surface area (Å²) < 4.78 is 48.6. The molecule has 4 fully saturated rings. The average Bonchev–Trinajstić information content (AvgIpc) is 3.27. The lowest BCUT2D eigenvalue weighted by molar-refractivity contribution is -0.323. The Morgan fingerprint density at radius 3 is 1.74 bits per heavy atom. The van der Waals surface area contributed by atoms with Crippen molar-refractivity contribution in [3.8, 4) is 0 Å². The van der Waals surface area contributed by atoms with E-state index in [1.807, 2.05) is 0 Å². The number of aliphatic hydroxyl groups is 7. The molecule has 0 aromatic heterocycles. The van der Waals surface area contributed by atoms with E-state index >= 15 is 0 Å². The highest BCUT2D eigenvalue weighted by atomic mass is 19.1. The summed E-state index contributed by atoms with van der Waals surface area (Å²) in [7, 11) is 0. The van der Waals surface area contributed by atoms with E-state index in [4.69, 9.17) is 57.1 Å². The Bertz CT molecular complexity index is 872. The van der Waals surface area contributed by atoms with Crippen molar-refractivity contribution in [2.24, 2.45) is 28.7 Å². The van der Waals surface area contributed by atoms with Gasteiger partial charge >= 0.3 is 0 Å². The zero-order valence-corrected chi connectivity index (χ0v) is 22.6.